The Labute approximate surface area is 184 Å². The predicted octanol–water partition coefficient (Wildman–Crippen LogP) is 5.88. The van der Waals surface area contributed by atoms with Crippen LogP contribution in [0.25, 0.3) is 22.7 Å². The van der Waals surface area contributed by atoms with Gasteiger partial charge in [0.25, 0.3) is 5.91 Å². The van der Waals surface area contributed by atoms with Gasteiger partial charge in [-0.25, -0.2) is 0 Å². The summed E-state index contributed by atoms with van der Waals surface area (Å²) in [5.41, 5.74) is 11.1. The minimum absolute atomic E-state index is 0.445. The molecule has 2 N–H and O–H groups in total. The molecule has 4 rings (SSSR count). The van der Waals surface area contributed by atoms with E-state index in [2.05, 4.69) is 24.2 Å². The lowest BCUT2D eigenvalue weighted by atomic mass is 10.1. The Hall–Kier alpha value is -3.02. The van der Waals surface area contributed by atoms with Crippen LogP contribution >= 0.6 is 23.2 Å². The standard InChI is InChI=1S/C23H19Cl2N3O2/c1-13-5-3-4-6-15(13)12-28-14(2)18(23(26)29)10-21(28)22-11-20(27-30-22)17-8-7-16(24)9-19(17)25/h3-11H,12H2,1-2H3,(H2,26,29). The molecule has 30 heavy (non-hydrogen) atoms. The molecule has 2 heterocycles. The van der Waals surface area contributed by atoms with Crippen molar-refractivity contribution in [2.24, 2.45) is 5.73 Å². The molecule has 0 aliphatic carbocycles. The predicted molar refractivity (Wildman–Crippen MR) is 119 cm³/mol. The highest BCUT2D eigenvalue weighted by molar-refractivity contribution is 6.36. The van der Waals surface area contributed by atoms with Crippen molar-refractivity contribution in [1.82, 2.24) is 9.72 Å². The lowest BCUT2D eigenvalue weighted by molar-refractivity contribution is 0.0999. The number of primary amides is 1. The van der Waals surface area contributed by atoms with E-state index in [1.165, 1.54) is 0 Å². The Morgan fingerprint density at radius 2 is 1.87 bits per heavy atom. The Morgan fingerprint density at radius 3 is 2.57 bits per heavy atom. The molecular formula is C23H19Cl2N3O2. The van der Waals surface area contributed by atoms with E-state index in [1.54, 1.807) is 30.3 Å². The summed E-state index contributed by atoms with van der Waals surface area (Å²) >= 11 is 12.3. The Kier molecular flexibility index (Phi) is 5.41. The largest absolute Gasteiger partial charge is 0.366 e. The van der Waals surface area contributed by atoms with Gasteiger partial charge in [0.05, 0.1) is 16.3 Å². The highest BCUT2D eigenvalue weighted by atomic mass is 35.5. The van der Waals surface area contributed by atoms with Gasteiger partial charge in [0.2, 0.25) is 0 Å². The van der Waals surface area contributed by atoms with Crippen molar-refractivity contribution < 1.29 is 9.32 Å². The zero-order valence-corrected chi connectivity index (χ0v) is 18.0. The molecule has 5 nitrogen and oxygen atoms in total. The fraction of sp³-hybridized carbons (Fsp3) is 0.130. The molecule has 1 amide bonds. The smallest absolute Gasteiger partial charge is 0.250 e. The number of hydrogen-bond acceptors (Lipinski definition) is 3. The topological polar surface area (TPSA) is 74.1 Å². The number of carbonyl (C=O) groups excluding carboxylic acids is 1. The number of benzene rings is 2. The minimum Gasteiger partial charge on any atom is -0.366 e. The van der Waals surface area contributed by atoms with Gasteiger partial charge in [0.1, 0.15) is 5.69 Å². The van der Waals surface area contributed by atoms with Gasteiger partial charge in [0, 0.05) is 28.9 Å². The van der Waals surface area contributed by atoms with Crippen LogP contribution in [0.4, 0.5) is 0 Å². The molecule has 0 saturated carbocycles. The van der Waals surface area contributed by atoms with Crippen molar-refractivity contribution in [3.8, 4) is 22.7 Å². The molecule has 0 fully saturated rings. The Bertz CT molecular complexity index is 1260. The molecule has 0 bridgehead atoms. The SMILES string of the molecule is Cc1ccccc1Cn1c(-c2cc(-c3ccc(Cl)cc3Cl)no2)cc(C(N)=O)c1C. The number of rotatable bonds is 5. The van der Waals surface area contributed by atoms with Crippen molar-refractivity contribution in [1.29, 1.82) is 0 Å². The van der Waals surface area contributed by atoms with Crippen LogP contribution in [0.15, 0.2) is 59.1 Å². The highest BCUT2D eigenvalue weighted by Gasteiger charge is 2.21. The van der Waals surface area contributed by atoms with E-state index in [-0.39, 0.29) is 0 Å². The van der Waals surface area contributed by atoms with E-state index >= 15 is 0 Å². The summed E-state index contributed by atoms with van der Waals surface area (Å²) < 4.78 is 7.64. The number of carbonyl (C=O) groups is 1. The van der Waals surface area contributed by atoms with Gasteiger partial charge in [-0.3, -0.25) is 4.79 Å². The van der Waals surface area contributed by atoms with Crippen LogP contribution in [0.1, 0.15) is 27.2 Å². The number of halogens is 2. The van der Waals surface area contributed by atoms with E-state index in [0.717, 1.165) is 16.8 Å². The third kappa shape index (κ3) is 3.74. The van der Waals surface area contributed by atoms with E-state index < -0.39 is 5.91 Å². The van der Waals surface area contributed by atoms with Crippen molar-refractivity contribution >= 4 is 29.1 Å². The summed E-state index contributed by atoms with van der Waals surface area (Å²) in [4.78, 5) is 12.0. The van der Waals surface area contributed by atoms with Crippen LogP contribution in [-0.4, -0.2) is 15.6 Å². The first-order chi connectivity index (χ1) is 14.3. The monoisotopic (exact) mass is 439 g/mol. The molecule has 0 saturated heterocycles. The third-order valence-electron chi connectivity index (χ3n) is 5.19. The molecule has 0 unspecified atom stereocenters. The number of hydrogen-bond donors (Lipinski definition) is 1. The number of aromatic nitrogens is 2. The second-order valence-electron chi connectivity index (χ2n) is 7.11. The maximum Gasteiger partial charge on any atom is 0.250 e. The van der Waals surface area contributed by atoms with Crippen molar-refractivity contribution in [2.75, 3.05) is 0 Å². The van der Waals surface area contributed by atoms with Gasteiger partial charge < -0.3 is 14.8 Å². The minimum atomic E-state index is -0.488. The number of nitrogens with zero attached hydrogens (tertiary/aromatic N) is 2. The normalized spacial score (nSPS) is 11.1. The fourth-order valence-corrected chi connectivity index (χ4v) is 3.99. The van der Waals surface area contributed by atoms with Gasteiger partial charge in [-0.1, -0.05) is 52.6 Å². The first kappa shape index (κ1) is 20.3. The summed E-state index contributed by atoms with van der Waals surface area (Å²) in [5, 5.41) is 5.19. The molecule has 0 spiro atoms. The molecule has 7 heteroatoms. The first-order valence-corrected chi connectivity index (χ1v) is 10.1. The Balaban J connectivity index is 1.81. The first-order valence-electron chi connectivity index (χ1n) is 9.32. The van der Waals surface area contributed by atoms with Crippen LogP contribution < -0.4 is 5.73 Å². The summed E-state index contributed by atoms with van der Waals surface area (Å²) in [6.07, 6.45) is 0. The quantitative estimate of drug-likeness (QED) is 0.421. The van der Waals surface area contributed by atoms with E-state index in [9.17, 15) is 4.79 Å². The zero-order chi connectivity index (χ0) is 21.4. The second kappa shape index (κ2) is 8.01. The summed E-state index contributed by atoms with van der Waals surface area (Å²) in [5.74, 6) is 0.0259. The summed E-state index contributed by atoms with van der Waals surface area (Å²) in [7, 11) is 0. The average molecular weight is 440 g/mol. The van der Waals surface area contributed by atoms with Gasteiger partial charge in [-0.05, 0) is 49.2 Å². The van der Waals surface area contributed by atoms with E-state index in [0.29, 0.717) is 44.9 Å². The van der Waals surface area contributed by atoms with Crippen molar-refractivity contribution in [2.45, 2.75) is 20.4 Å². The second-order valence-corrected chi connectivity index (χ2v) is 7.95. The summed E-state index contributed by atoms with van der Waals surface area (Å²) in [6.45, 7) is 4.49. The van der Waals surface area contributed by atoms with Gasteiger partial charge >= 0.3 is 0 Å². The van der Waals surface area contributed by atoms with Crippen molar-refractivity contribution in [3.63, 3.8) is 0 Å². The lowest BCUT2D eigenvalue weighted by Gasteiger charge is -2.12. The van der Waals surface area contributed by atoms with Crippen LogP contribution in [0.3, 0.4) is 0 Å². The zero-order valence-electron chi connectivity index (χ0n) is 16.4. The molecule has 0 aliphatic heterocycles. The maximum atomic E-state index is 12.0. The molecule has 152 valence electrons. The lowest BCUT2D eigenvalue weighted by Crippen LogP contribution is -2.13. The maximum absolute atomic E-state index is 12.0. The molecule has 0 aliphatic rings. The number of amides is 1. The van der Waals surface area contributed by atoms with E-state index in [1.807, 2.05) is 23.6 Å². The van der Waals surface area contributed by atoms with Gasteiger partial charge in [0.15, 0.2) is 5.76 Å². The third-order valence-corrected chi connectivity index (χ3v) is 5.74. The molecule has 2 aromatic heterocycles. The van der Waals surface area contributed by atoms with Crippen molar-refractivity contribution in [3.05, 3.63) is 87.0 Å². The highest BCUT2D eigenvalue weighted by Crippen LogP contribution is 2.34. The summed E-state index contributed by atoms with van der Waals surface area (Å²) in [6, 6.07) is 16.8. The van der Waals surface area contributed by atoms with Crippen LogP contribution in [0.2, 0.25) is 10.0 Å². The van der Waals surface area contributed by atoms with E-state index in [4.69, 9.17) is 33.5 Å². The van der Waals surface area contributed by atoms with Gasteiger partial charge in [-0.15, -0.1) is 0 Å². The molecule has 4 aromatic rings. The molecule has 2 aromatic carbocycles. The molecular weight excluding hydrogens is 421 g/mol. The van der Waals surface area contributed by atoms with Crippen LogP contribution in [-0.2, 0) is 6.54 Å². The van der Waals surface area contributed by atoms with Crippen LogP contribution in [0, 0.1) is 13.8 Å². The fourth-order valence-electron chi connectivity index (χ4n) is 3.48. The molecule has 0 radical (unpaired) electrons. The average Bonchev–Trinajstić information content (AvgIpc) is 3.29. The Morgan fingerprint density at radius 1 is 1.10 bits per heavy atom. The number of aryl methyl sites for hydroxylation is 1. The molecule has 0 atom stereocenters. The van der Waals surface area contributed by atoms with Crippen LogP contribution in [0.5, 0.6) is 0 Å². The van der Waals surface area contributed by atoms with Gasteiger partial charge in [-0.2, -0.15) is 0 Å². The number of nitrogens with two attached hydrogens (primary N) is 1.